The molecule has 2 heterocycles. The number of rotatable bonds is 3. The summed E-state index contributed by atoms with van der Waals surface area (Å²) >= 11 is 0. The number of nitrogens with zero attached hydrogens (tertiary/aromatic N) is 2. The molecular formula is C15H15N3O3. The predicted molar refractivity (Wildman–Crippen MR) is 75.5 cm³/mol. The number of fused-ring (bicyclic) bond motifs is 1. The Morgan fingerprint density at radius 1 is 1.29 bits per heavy atom. The standard InChI is InChI=1S/C15H15N3O3/c1-2-13(19)18-7-11-12(8-18)16-17-14(11)9-3-5-10(6-4-9)15(20)21/h3-6H,2,7-8H2,1H3,(H,16,17)(H,20,21). The summed E-state index contributed by atoms with van der Waals surface area (Å²) in [4.78, 5) is 24.4. The number of carbonyl (C=O) groups is 2. The molecule has 0 bridgehead atoms. The molecule has 0 atom stereocenters. The average molecular weight is 285 g/mol. The van der Waals surface area contributed by atoms with E-state index in [4.69, 9.17) is 5.11 Å². The molecule has 1 aliphatic rings. The fraction of sp³-hybridized carbons (Fsp3) is 0.267. The number of aromatic nitrogens is 2. The summed E-state index contributed by atoms with van der Waals surface area (Å²) in [7, 11) is 0. The highest BCUT2D eigenvalue weighted by Gasteiger charge is 2.27. The molecule has 108 valence electrons. The van der Waals surface area contributed by atoms with Crippen LogP contribution >= 0.6 is 0 Å². The summed E-state index contributed by atoms with van der Waals surface area (Å²) in [5.74, 6) is -0.833. The minimum atomic E-state index is -0.950. The number of aromatic carboxylic acids is 1. The first-order chi connectivity index (χ1) is 10.1. The number of aromatic amines is 1. The van der Waals surface area contributed by atoms with Crippen LogP contribution in [-0.2, 0) is 17.9 Å². The first kappa shape index (κ1) is 13.4. The van der Waals surface area contributed by atoms with Crippen LogP contribution in [0.4, 0.5) is 0 Å². The van der Waals surface area contributed by atoms with Crippen molar-refractivity contribution in [2.45, 2.75) is 26.4 Å². The Bertz CT molecular complexity index is 703. The van der Waals surface area contributed by atoms with Gasteiger partial charge in [0.15, 0.2) is 0 Å². The number of carbonyl (C=O) groups excluding carboxylic acids is 1. The van der Waals surface area contributed by atoms with Crippen LogP contribution in [0.3, 0.4) is 0 Å². The Morgan fingerprint density at radius 3 is 2.62 bits per heavy atom. The Morgan fingerprint density at radius 2 is 2.00 bits per heavy atom. The zero-order valence-corrected chi connectivity index (χ0v) is 11.6. The van der Waals surface area contributed by atoms with Crippen molar-refractivity contribution in [2.24, 2.45) is 0 Å². The first-order valence-electron chi connectivity index (χ1n) is 6.77. The molecule has 2 aromatic rings. The summed E-state index contributed by atoms with van der Waals surface area (Å²) in [5, 5.41) is 16.2. The van der Waals surface area contributed by atoms with Crippen molar-refractivity contribution in [1.82, 2.24) is 15.1 Å². The molecular weight excluding hydrogens is 270 g/mol. The predicted octanol–water partition coefficient (Wildman–Crippen LogP) is 2.03. The van der Waals surface area contributed by atoms with Gasteiger partial charge in [0.1, 0.15) is 0 Å². The van der Waals surface area contributed by atoms with E-state index in [1.165, 1.54) is 0 Å². The van der Waals surface area contributed by atoms with Gasteiger partial charge in [0.05, 0.1) is 30.0 Å². The summed E-state index contributed by atoms with van der Waals surface area (Å²) in [6.07, 6.45) is 0.486. The molecule has 1 aliphatic heterocycles. The van der Waals surface area contributed by atoms with Crippen molar-refractivity contribution in [3.05, 3.63) is 41.1 Å². The van der Waals surface area contributed by atoms with Crippen molar-refractivity contribution >= 4 is 11.9 Å². The Hall–Kier alpha value is -2.63. The first-order valence-corrected chi connectivity index (χ1v) is 6.77. The van der Waals surface area contributed by atoms with Crippen molar-refractivity contribution in [3.8, 4) is 11.3 Å². The van der Waals surface area contributed by atoms with Gasteiger partial charge in [0.2, 0.25) is 5.91 Å². The van der Waals surface area contributed by atoms with Crippen LogP contribution in [0.25, 0.3) is 11.3 Å². The molecule has 3 rings (SSSR count). The minimum Gasteiger partial charge on any atom is -0.478 e. The van der Waals surface area contributed by atoms with Gasteiger partial charge in [-0.1, -0.05) is 19.1 Å². The molecule has 0 aliphatic carbocycles. The fourth-order valence-electron chi connectivity index (χ4n) is 2.55. The molecule has 1 aromatic heterocycles. The highest BCUT2D eigenvalue weighted by atomic mass is 16.4. The number of carboxylic acid groups (broad SMARTS) is 1. The van der Waals surface area contributed by atoms with Gasteiger partial charge in [-0.15, -0.1) is 0 Å². The lowest BCUT2D eigenvalue weighted by Crippen LogP contribution is -2.24. The van der Waals surface area contributed by atoms with E-state index in [0.29, 0.717) is 19.5 Å². The average Bonchev–Trinajstić information content (AvgIpc) is 3.06. The van der Waals surface area contributed by atoms with Crippen molar-refractivity contribution < 1.29 is 14.7 Å². The third-order valence-corrected chi connectivity index (χ3v) is 3.71. The number of H-pyrrole nitrogens is 1. The second-order valence-corrected chi connectivity index (χ2v) is 5.02. The Balaban J connectivity index is 1.89. The van der Waals surface area contributed by atoms with Gasteiger partial charge in [-0.05, 0) is 12.1 Å². The molecule has 0 saturated carbocycles. The smallest absolute Gasteiger partial charge is 0.335 e. The normalized spacial score (nSPS) is 13.3. The van der Waals surface area contributed by atoms with Gasteiger partial charge in [0, 0.05) is 17.5 Å². The van der Waals surface area contributed by atoms with Gasteiger partial charge in [0.25, 0.3) is 0 Å². The molecule has 6 heteroatoms. The minimum absolute atomic E-state index is 0.117. The summed E-state index contributed by atoms with van der Waals surface area (Å²) in [6.45, 7) is 2.95. The molecule has 2 N–H and O–H groups in total. The van der Waals surface area contributed by atoms with E-state index in [2.05, 4.69) is 10.2 Å². The topological polar surface area (TPSA) is 86.3 Å². The third kappa shape index (κ3) is 2.29. The highest BCUT2D eigenvalue weighted by molar-refractivity contribution is 5.88. The molecule has 1 amide bonds. The second kappa shape index (κ2) is 5.05. The Labute approximate surface area is 121 Å². The van der Waals surface area contributed by atoms with Crippen molar-refractivity contribution in [1.29, 1.82) is 0 Å². The lowest BCUT2D eigenvalue weighted by Gasteiger charge is -2.14. The van der Waals surface area contributed by atoms with E-state index < -0.39 is 5.97 Å². The molecule has 0 fully saturated rings. The number of hydrogen-bond acceptors (Lipinski definition) is 3. The van der Waals surface area contributed by atoms with Gasteiger partial charge < -0.3 is 10.0 Å². The van der Waals surface area contributed by atoms with E-state index in [-0.39, 0.29) is 11.5 Å². The van der Waals surface area contributed by atoms with Crippen LogP contribution in [0.5, 0.6) is 0 Å². The van der Waals surface area contributed by atoms with Crippen LogP contribution in [0.1, 0.15) is 35.0 Å². The van der Waals surface area contributed by atoms with Crippen LogP contribution in [-0.4, -0.2) is 32.1 Å². The number of hydrogen-bond donors (Lipinski definition) is 2. The van der Waals surface area contributed by atoms with E-state index in [0.717, 1.165) is 22.5 Å². The largest absolute Gasteiger partial charge is 0.478 e. The molecule has 0 unspecified atom stereocenters. The molecule has 1 aromatic carbocycles. The third-order valence-electron chi connectivity index (χ3n) is 3.71. The van der Waals surface area contributed by atoms with Crippen LogP contribution in [0.15, 0.2) is 24.3 Å². The van der Waals surface area contributed by atoms with Crippen molar-refractivity contribution in [3.63, 3.8) is 0 Å². The van der Waals surface area contributed by atoms with Gasteiger partial charge in [-0.2, -0.15) is 5.10 Å². The maximum atomic E-state index is 11.8. The fourth-order valence-corrected chi connectivity index (χ4v) is 2.55. The summed E-state index contributed by atoms with van der Waals surface area (Å²) in [5.41, 5.74) is 3.85. The van der Waals surface area contributed by atoms with Crippen molar-refractivity contribution in [2.75, 3.05) is 0 Å². The lowest BCUT2D eigenvalue weighted by atomic mass is 10.1. The molecule has 0 radical (unpaired) electrons. The van der Waals surface area contributed by atoms with Gasteiger partial charge in [-0.25, -0.2) is 4.79 Å². The van der Waals surface area contributed by atoms with Crippen LogP contribution in [0, 0.1) is 0 Å². The maximum Gasteiger partial charge on any atom is 0.335 e. The van der Waals surface area contributed by atoms with Crippen LogP contribution < -0.4 is 0 Å². The number of benzene rings is 1. The Kier molecular flexibility index (Phi) is 3.21. The molecule has 21 heavy (non-hydrogen) atoms. The second-order valence-electron chi connectivity index (χ2n) is 5.02. The highest BCUT2D eigenvalue weighted by Crippen LogP contribution is 2.31. The monoisotopic (exact) mass is 285 g/mol. The zero-order chi connectivity index (χ0) is 15.0. The van der Waals surface area contributed by atoms with E-state index in [1.807, 2.05) is 6.92 Å². The summed E-state index contributed by atoms with van der Waals surface area (Å²) in [6, 6.07) is 6.60. The summed E-state index contributed by atoms with van der Waals surface area (Å²) < 4.78 is 0. The van der Waals surface area contributed by atoms with E-state index >= 15 is 0 Å². The SMILES string of the molecule is CCC(=O)N1Cc2[nH]nc(-c3ccc(C(=O)O)cc3)c2C1. The van der Waals surface area contributed by atoms with Gasteiger partial charge in [-0.3, -0.25) is 9.89 Å². The molecule has 6 nitrogen and oxygen atoms in total. The number of amides is 1. The lowest BCUT2D eigenvalue weighted by molar-refractivity contribution is -0.131. The number of nitrogens with one attached hydrogen (secondary N) is 1. The number of carboxylic acids is 1. The van der Waals surface area contributed by atoms with E-state index in [1.54, 1.807) is 29.2 Å². The maximum absolute atomic E-state index is 11.8. The van der Waals surface area contributed by atoms with Crippen LogP contribution in [0.2, 0.25) is 0 Å². The molecule has 0 spiro atoms. The van der Waals surface area contributed by atoms with Gasteiger partial charge >= 0.3 is 5.97 Å². The zero-order valence-electron chi connectivity index (χ0n) is 11.6. The van der Waals surface area contributed by atoms with E-state index in [9.17, 15) is 9.59 Å². The molecule has 0 saturated heterocycles. The quantitative estimate of drug-likeness (QED) is 0.903.